The van der Waals surface area contributed by atoms with E-state index in [4.69, 9.17) is 9.97 Å². The summed E-state index contributed by atoms with van der Waals surface area (Å²) in [6, 6.07) is 0. The third-order valence-electron chi connectivity index (χ3n) is 3.97. The molecule has 2 aliphatic heterocycles. The third-order valence-corrected chi connectivity index (χ3v) is 13.9. The molecule has 6 heterocycles. The van der Waals surface area contributed by atoms with Crippen LogP contribution < -0.4 is 0 Å². The van der Waals surface area contributed by atoms with Gasteiger partial charge >= 0.3 is 0 Å². The molecule has 0 amide bonds. The minimum absolute atomic E-state index is 1.09. The molecule has 26 heavy (non-hydrogen) atoms. The topological polar surface area (TPSA) is 25.8 Å². The number of nitrogens with zero attached hydrogens (tertiary/aromatic N) is 2. The van der Waals surface area contributed by atoms with E-state index in [9.17, 15) is 0 Å². The summed E-state index contributed by atoms with van der Waals surface area (Å²) >= 11 is 15.1. The van der Waals surface area contributed by atoms with E-state index in [2.05, 4.69) is 10.8 Å². The van der Waals surface area contributed by atoms with E-state index in [1.54, 1.807) is 22.7 Å². The highest BCUT2D eigenvalue weighted by Crippen LogP contribution is 2.51. The fraction of sp³-hybridized carbons (Fsp3) is 0.250. The summed E-state index contributed by atoms with van der Waals surface area (Å²) < 4.78 is 0. The van der Waals surface area contributed by atoms with Crippen LogP contribution in [0.4, 0.5) is 0 Å². The molecule has 0 radical (unpaired) electrons. The van der Waals surface area contributed by atoms with Gasteiger partial charge in [0.25, 0.3) is 0 Å². The monoisotopic (exact) mass is 486 g/mol. The fourth-order valence-corrected chi connectivity index (χ4v) is 12.8. The number of fused-ring (bicyclic) bond motifs is 3. The lowest BCUT2D eigenvalue weighted by Crippen LogP contribution is -1.91. The molecular weight excluding hydrogens is 477 g/mol. The molecule has 132 valence electrons. The van der Waals surface area contributed by atoms with Gasteiger partial charge in [-0.05, 0) is 0 Å². The number of hydrogen-bond donors (Lipinski definition) is 0. The highest BCUT2D eigenvalue weighted by atomic mass is 32.2. The van der Waals surface area contributed by atoms with E-state index in [1.165, 1.54) is 52.3 Å². The molecule has 2 aliphatic rings. The Balaban J connectivity index is 1.40. The lowest BCUT2D eigenvalue weighted by Gasteiger charge is -2.10. The number of thioether (sulfide) groups is 4. The van der Waals surface area contributed by atoms with Crippen molar-refractivity contribution < 1.29 is 0 Å². The van der Waals surface area contributed by atoms with Crippen LogP contribution in [0.1, 0.15) is 0 Å². The summed E-state index contributed by atoms with van der Waals surface area (Å²) in [5.74, 6) is 4.83. The van der Waals surface area contributed by atoms with Gasteiger partial charge in [-0.3, -0.25) is 0 Å². The Morgan fingerprint density at radius 2 is 1.08 bits per heavy atom. The Morgan fingerprint density at radius 1 is 0.615 bits per heavy atom. The number of rotatable bonds is 2. The van der Waals surface area contributed by atoms with Gasteiger partial charge in [0, 0.05) is 53.4 Å². The SMILES string of the molecule is c1sc(-c2nc3sc(-c4scc5c4SCCS5)nc3s2)c2c1SCCS2. The third kappa shape index (κ3) is 2.83. The van der Waals surface area contributed by atoms with Gasteiger partial charge in [-0.1, -0.05) is 22.7 Å². The van der Waals surface area contributed by atoms with E-state index >= 15 is 0 Å². The van der Waals surface area contributed by atoms with Crippen LogP contribution in [0.3, 0.4) is 0 Å². The van der Waals surface area contributed by atoms with Gasteiger partial charge in [0.05, 0.1) is 9.75 Å². The van der Waals surface area contributed by atoms with Gasteiger partial charge in [0.15, 0.2) is 9.66 Å². The van der Waals surface area contributed by atoms with Gasteiger partial charge in [0.2, 0.25) is 0 Å². The second-order valence-electron chi connectivity index (χ2n) is 5.56. The van der Waals surface area contributed by atoms with Crippen LogP contribution >= 0.6 is 92.4 Å². The Bertz CT molecular complexity index is 1000. The first-order valence-electron chi connectivity index (χ1n) is 7.89. The van der Waals surface area contributed by atoms with Crippen LogP contribution in [-0.4, -0.2) is 33.0 Å². The molecule has 0 N–H and O–H groups in total. The first-order valence-corrected chi connectivity index (χ1v) is 15.2. The molecule has 0 aromatic carbocycles. The molecule has 0 aliphatic carbocycles. The zero-order valence-corrected chi connectivity index (χ0v) is 19.7. The van der Waals surface area contributed by atoms with Gasteiger partial charge in [-0.25, -0.2) is 9.97 Å². The van der Waals surface area contributed by atoms with E-state index in [1.807, 2.05) is 69.7 Å². The minimum atomic E-state index is 1.09. The van der Waals surface area contributed by atoms with Crippen LogP contribution in [0.2, 0.25) is 0 Å². The number of hydrogen-bond acceptors (Lipinski definition) is 10. The van der Waals surface area contributed by atoms with Crippen molar-refractivity contribution in [2.24, 2.45) is 0 Å². The summed E-state index contributed by atoms with van der Waals surface area (Å²) in [5.41, 5.74) is 0. The zero-order valence-electron chi connectivity index (χ0n) is 13.1. The summed E-state index contributed by atoms with van der Waals surface area (Å²) in [6.45, 7) is 0. The van der Waals surface area contributed by atoms with Crippen LogP contribution in [-0.2, 0) is 0 Å². The highest BCUT2D eigenvalue weighted by molar-refractivity contribution is 8.06. The standard InChI is InChI=1S/C16H10N2S8/c1-3-21-9-7(19-1)5-23-11(9)13-17-15-16(25-13)18-14(26-15)12-10-8(6-24-12)20-2-4-22-10/h5-6H,1-4H2. The summed E-state index contributed by atoms with van der Waals surface area (Å²) in [4.78, 5) is 20.5. The molecule has 0 saturated carbocycles. The van der Waals surface area contributed by atoms with E-state index < -0.39 is 0 Å². The summed E-state index contributed by atoms with van der Waals surface area (Å²) in [7, 11) is 0. The van der Waals surface area contributed by atoms with Crippen molar-refractivity contribution in [3.63, 3.8) is 0 Å². The van der Waals surface area contributed by atoms with Crippen LogP contribution in [0.25, 0.3) is 29.4 Å². The highest BCUT2D eigenvalue weighted by Gasteiger charge is 2.24. The largest absolute Gasteiger partial charge is 0.222 e. The number of thiazole rings is 2. The molecular formula is C16H10N2S8. The van der Waals surface area contributed by atoms with Crippen LogP contribution in [0, 0.1) is 0 Å². The van der Waals surface area contributed by atoms with E-state index in [0.29, 0.717) is 0 Å². The Labute approximate surface area is 183 Å². The Hall–Kier alpha value is 0.320. The van der Waals surface area contributed by atoms with Crippen molar-refractivity contribution in [3.8, 4) is 19.8 Å². The Kier molecular flexibility index (Phi) is 4.62. The van der Waals surface area contributed by atoms with Crippen molar-refractivity contribution >= 4 is 102 Å². The first kappa shape index (κ1) is 17.2. The second kappa shape index (κ2) is 6.98. The number of aromatic nitrogens is 2. The second-order valence-corrected chi connectivity index (χ2v) is 13.8. The predicted octanol–water partition coefficient (Wildman–Crippen LogP) is 7.61. The quantitative estimate of drug-likeness (QED) is 0.289. The molecule has 10 heteroatoms. The van der Waals surface area contributed by atoms with Crippen molar-refractivity contribution in [2.75, 3.05) is 23.0 Å². The van der Waals surface area contributed by atoms with Crippen molar-refractivity contribution in [1.82, 2.24) is 9.97 Å². The molecule has 0 spiro atoms. The number of thiophene rings is 2. The predicted molar refractivity (Wildman–Crippen MR) is 125 cm³/mol. The van der Waals surface area contributed by atoms with Crippen molar-refractivity contribution in [1.29, 1.82) is 0 Å². The molecule has 4 aromatic heterocycles. The average molecular weight is 487 g/mol. The van der Waals surface area contributed by atoms with Gasteiger partial charge in [-0.15, -0.1) is 69.7 Å². The van der Waals surface area contributed by atoms with Crippen LogP contribution in [0.5, 0.6) is 0 Å². The van der Waals surface area contributed by atoms with Gasteiger partial charge in [-0.2, -0.15) is 0 Å². The molecule has 2 nitrogen and oxygen atoms in total. The molecule has 0 unspecified atom stereocenters. The molecule has 0 bridgehead atoms. The Morgan fingerprint density at radius 3 is 1.58 bits per heavy atom. The van der Waals surface area contributed by atoms with Crippen molar-refractivity contribution in [2.45, 2.75) is 19.6 Å². The average Bonchev–Trinajstić information content (AvgIpc) is 3.41. The summed E-state index contributed by atoms with van der Waals surface area (Å²) in [6.07, 6.45) is 0. The fourth-order valence-electron chi connectivity index (χ4n) is 2.86. The van der Waals surface area contributed by atoms with Gasteiger partial charge < -0.3 is 0 Å². The molecule has 0 saturated heterocycles. The maximum absolute atomic E-state index is 4.96. The van der Waals surface area contributed by atoms with E-state index in [-0.39, 0.29) is 0 Å². The van der Waals surface area contributed by atoms with Crippen LogP contribution in [0.15, 0.2) is 30.3 Å². The lowest BCUT2D eigenvalue weighted by molar-refractivity contribution is 1.29. The first-order chi connectivity index (χ1) is 12.9. The van der Waals surface area contributed by atoms with Gasteiger partial charge in [0.1, 0.15) is 10.0 Å². The maximum atomic E-state index is 4.96. The van der Waals surface area contributed by atoms with Crippen molar-refractivity contribution in [3.05, 3.63) is 10.8 Å². The summed E-state index contributed by atoms with van der Waals surface area (Å²) in [5, 5.41) is 6.88. The minimum Gasteiger partial charge on any atom is -0.222 e. The zero-order chi connectivity index (χ0) is 17.1. The molecule has 0 fully saturated rings. The molecule has 4 aromatic rings. The molecule has 6 rings (SSSR count). The maximum Gasteiger partial charge on any atom is 0.155 e. The lowest BCUT2D eigenvalue weighted by atomic mass is 10.5. The normalized spacial score (nSPS) is 16.8. The smallest absolute Gasteiger partial charge is 0.155 e. The molecule has 0 atom stereocenters. The van der Waals surface area contributed by atoms with E-state index in [0.717, 1.165) is 19.7 Å².